The lowest BCUT2D eigenvalue weighted by atomic mass is 10.3. The van der Waals surface area contributed by atoms with Crippen molar-refractivity contribution in [3.63, 3.8) is 0 Å². The number of rotatable bonds is 7. The van der Waals surface area contributed by atoms with E-state index in [1.54, 1.807) is 24.4 Å². The van der Waals surface area contributed by atoms with Gasteiger partial charge < -0.3 is 10.1 Å². The number of pyridine rings is 1. The van der Waals surface area contributed by atoms with Crippen molar-refractivity contribution in [3.8, 4) is 0 Å². The fourth-order valence-corrected chi connectivity index (χ4v) is 4.78. The number of anilines is 2. The van der Waals surface area contributed by atoms with Crippen molar-refractivity contribution < 1.29 is 13.2 Å². The minimum atomic E-state index is -3.57. The molecule has 0 aromatic carbocycles. The first-order chi connectivity index (χ1) is 12.0. The predicted molar refractivity (Wildman–Crippen MR) is 99.9 cm³/mol. The number of aryl methyl sites for hydroxylation is 1. The van der Waals surface area contributed by atoms with E-state index in [0.29, 0.717) is 10.0 Å². The summed E-state index contributed by atoms with van der Waals surface area (Å²) in [6.07, 6.45) is 1.64. The van der Waals surface area contributed by atoms with Crippen molar-refractivity contribution in [3.05, 3.63) is 35.3 Å². The molecular weight excluding hydrogens is 360 g/mol. The molecule has 3 rings (SSSR count). The molecule has 7 nitrogen and oxygen atoms in total. The quantitative estimate of drug-likeness (QED) is 0.762. The van der Waals surface area contributed by atoms with Gasteiger partial charge in [0.25, 0.3) is 10.0 Å². The lowest BCUT2D eigenvalue weighted by Gasteiger charge is -2.26. The highest BCUT2D eigenvalue weighted by Gasteiger charge is 2.16. The normalized spacial score (nSPS) is 15.9. The molecule has 1 saturated heterocycles. The summed E-state index contributed by atoms with van der Waals surface area (Å²) in [4.78, 5) is 7.47. The first-order valence-corrected chi connectivity index (χ1v) is 10.4. The smallest absolute Gasteiger partial charge is 0.272 e. The molecule has 2 N–H and O–H groups in total. The van der Waals surface area contributed by atoms with Crippen molar-refractivity contribution in [1.29, 1.82) is 0 Å². The van der Waals surface area contributed by atoms with Gasteiger partial charge in [-0.15, -0.1) is 11.3 Å². The van der Waals surface area contributed by atoms with Crippen LogP contribution in [-0.2, 0) is 14.8 Å². The molecule has 136 valence electrons. The number of aromatic nitrogens is 1. The fourth-order valence-electron chi connectivity index (χ4n) is 2.49. The molecule has 0 radical (unpaired) electrons. The molecule has 2 aromatic rings. The zero-order valence-corrected chi connectivity index (χ0v) is 15.7. The molecule has 0 spiro atoms. The van der Waals surface area contributed by atoms with Crippen molar-refractivity contribution in [2.24, 2.45) is 0 Å². The average Bonchev–Trinajstić information content (AvgIpc) is 3.05. The van der Waals surface area contributed by atoms with E-state index in [-0.39, 0.29) is 0 Å². The molecule has 25 heavy (non-hydrogen) atoms. The molecule has 0 atom stereocenters. The van der Waals surface area contributed by atoms with E-state index in [1.165, 1.54) is 11.3 Å². The second-order valence-electron chi connectivity index (χ2n) is 5.78. The summed E-state index contributed by atoms with van der Waals surface area (Å²) in [5.74, 6) is 0.310. The largest absolute Gasteiger partial charge is 0.383 e. The van der Waals surface area contributed by atoms with Crippen molar-refractivity contribution in [1.82, 2.24) is 9.88 Å². The summed E-state index contributed by atoms with van der Waals surface area (Å²) in [5.41, 5.74) is 0.864. The Kier molecular flexibility index (Phi) is 5.89. The van der Waals surface area contributed by atoms with Gasteiger partial charge in [-0.2, -0.15) is 0 Å². The van der Waals surface area contributed by atoms with Gasteiger partial charge in [0, 0.05) is 31.1 Å². The summed E-state index contributed by atoms with van der Waals surface area (Å²) in [6, 6.07) is 6.87. The van der Waals surface area contributed by atoms with E-state index in [9.17, 15) is 8.42 Å². The van der Waals surface area contributed by atoms with Crippen LogP contribution in [0.2, 0.25) is 0 Å². The van der Waals surface area contributed by atoms with Crippen LogP contribution in [0.5, 0.6) is 0 Å². The second kappa shape index (κ2) is 8.13. The van der Waals surface area contributed by atoms with Gasteiger partial charge in [-0.25, -0.2) is 13.4 Å². The molecule has 0 aliphatic carbocycles. The first-order valence-electron chi connectivity index (χ1n) is 8.12. The van der Waals surface area contributed by atoms with Crippen LogP contribution in [0, 0.1) is 6.92 Å². The van der Waals surface area contributed by atoms with E-state index >= 15 is 0 Å². The highest BCUT2D eigenvalue weighted by atomic mass is 32.2. The molecular formula is C16H22N4O3S2. The molecule has 9 heteroatoms. The molecule has 1 aliphatic heterocycles. The Hall–Kier alpha value is -1.68. The van der Waals surface area contributed by atoms with E-state index < -0.39 is 10.0 Å². The second-order valence-corrected chi connectivity index (χ2v) is 8.98. The van der Waals surface area contributed by atoms with Crippen LogP contribution in [0.1, 0.15) is 4.88 Å². The van der Waals surface area contributed by atoms with Gasteiger partial charge in [0.2, 0.25) is 0 Å². The van der Waals surface area contributed by atoms with Crippen LogP contribution in [-0.4, -0.2) is 57.7 Å². The lowest BCUT2D eigenvalue weighted by Crippen LogP contribution is -2.39. The molecule has 3 heterocycles. The molecule has 0 amide bonds. The third-order valence-corrected chi connectivity index (χ3v) is 6.69. The van der Waals surface area contributed by atoms with Crippen LogP contribution in [0.3, 0.4) is 0 Å². The number of morpholine rings is 1. The van der Waals surface area contributed by atoms with Crippen LogP contribution >= 0.6 is 11.3 Å². The van der Waals surface area contributed by atoms with Gasteiger partial charge in [0.1, 0.15) is 10.0 Å². The molecule has 0 bridgehead atoms. The highest BCUT2D eigenvalue weighted by Crippen LogP contribution is 2.23. The number of thiophene rings is 1. The van der Waals surface area contributed by atoms with Gasteiger partial charge in [-0.05, 0) is 31.2 Å². The van der Waals surface area contributed by atoms with Gasteiger partial charge >= 0.3 is 0 Å². The Balaban J connectivity index is 1.51. The maximum absolute atomic E-state index is 12.3. The van der Waals surface area contributed by atoms with Crippen LogP contribution in [0.15, 0.2) is 34.7 Å². The summed E-state index contributed by atoms with van der Waals surface area (Å²) in [5, 5.41) is 3.30. The number of nitrogens with one attached hydrogen (secondary N) is 2. The topological polar surface area (TPSA) is 83.6 Å². The highest BCUT2D eigenvalue weighted by molar-refractivity contribution is 7.94. The number of hydrogen-bond acceptors (Lipinski definition) is 7. The summed E-state index contributed by atoms with van der Waals surface area (Å²) in [7, 11) is -3.57. The van der Waals surface area contributed by atoms with Gasteiger partial charge in [-0.3, -0.25) is 9.62 Å². The van der Waals surface area contributed by atoms with E-state index in [0.717, 1.165) is 50.0 Å². The van der Waals surface area contributed by atoms with Crippen LogP contribution < -0.4 is 10.0 Å². The Morgan fingerprint density at radius 3 is 2.68 bits per heavy atom. The number of nitrogens with zero attached hydrogens (tertiary/aromatic N) is 2. The third kappa shape index (κ3) is 5.15. The van der Waals surface area contributed by atoms with E-state index in [4.69, 9.17) is 4.74 Å². The van der Waals surface area contributed by atoms with Gasteiger partial charge in [-0.1, -0.05) is 0 Å². The Morgan fingerprint density at radius 1 is 1.24 bits per heavy atom. The van der Waals surface area contributed by atoms with Crippen LogP contribution in [0.25, 0.3) is 0 Å². The predicted octanol–water partition coefficient (Wildman–Crippen LogP) is 2.00. The van der Waals surface area contributed by atoms with Crippen molar-refractivity contribution in [2.75, 3.05) is 49.4 Å². The number of hydrogen-bond donors (Lipinski definition) is 2. The number of sulfonamides is 1. The minimum Gasteiger partial charge on any atom is -0.383 e. The summed E-state index contributed by atoms with van der Waals surface area (Å²) in [6.45, 7) is 7.13. The summed E-state index contributed by atoms with van der Waals surface area (Å²) < 4.78 is 32.7. The fraction of sp³-hybridized carbons (Fsp3) is 0.438. The minimum absolute atomic E-state index is 0.291. The molecule has 0 unspecified atom stereocenters. The maximum atomic E-state index is 12.3. The van der Waals surface area contributed by atoms with Crippen molar-refractivity contribution in [2.45, 2.75) is 11.1 Å². The van der Waals surface area contributed by atoms with Crippen molar-refractivity contribution >= 4 is 32.9 Å². The lowest BCUT2D eigenvalue weighted by molar-refractivity contribution is 0.0398. The molecule has 0 saturated carbocycles. The van der Waals surface area contributed by atoms with Crippen LogP contribution in [0.4, 0.5) is 11.5 Å². The van der Waals surface area contributed by atoms with Gasteiger partial charge in [0.05, 0.1) is 25.1 Å². The standard InChI is InChI=1S/C16H22N4O3S2/c1-13-2-5-16(24-13)25(21,22)19-15-4-3-14(12-18-15)17-6-7-20-8-10-23-11-9-20/h2-5,12,17H,6-11H2,1H3,(H,18,19). The molecule has 2 aromatic heterocycles. The Morgan fingerprint density at radius 2 is 2.04 bits per heavy atom. The first kappa shape index (κ1) is 18.1. The SMILES string of the molecule is Cc1ccc(S(=O)(=O)Nc2ccc(NCCN3CCOCC3)cn2)s1. The number of ether oxygens (including phenoxy) is 1. The maximum Gasteiger partial charge on any atom is 0.272 e. The summed E-state index contributed by atoms with van der Waals surface area (Å²) >= 11 is 1.24. The van der Waals surface area contributed by atoms with E-state index in [2.05, 4.69) is 19.9 Å². The van der Waals surface area contributed by atoms with Gasteiger partial charge in [0.15, 0.2) is 0 Å². The average molecular weight is 383 g/mol. The monoisotopic (exact) mass is 382 g/mol. The zero-order valence-electron chi connectivity index (χ0n) is 14.1. The van der Waals surface area contributed by atoms with E-state index in [1.807, 2.05) is 13.0 Å². The zero-order chi connectivity index (χ0) is 17.7. The Bertz CT molecular complexity index is 784. The third-order valence-electron chi connectivity index (χ3n) is 3.84. The molecule has 1 fully saturated rings. The molecule has 1 aliphatic rings. The Labute approximate surface area is 152 Å².